The number of nitrogens with zero attached hydrogens (tertiary/aromatic N) is 1. The van der Waals surface area contributed by atoms with Crippen molar-refractivity contribution in [2.24, 2.45) is 5.16 Å². The number of oxime groups is 1. The molecule has 18 heavy (non-hydrogen) atoms. The first kappa shape index (κ1) is 15.1. The van der Waals surface area contributed by atoms with Gasteiger partial charge >= 0.3 is 0 Å². The van der Waals surface area contributed by atoms with Crippen LogP contribution in [0.1, 0.15) is 12.5 Å². The van der Waals surface area contributed by atoms with Crippen molar-refractivity contribution in [3.63, 3.8) is 0 Å². The molecular formula is C11H14BrNO4S. The van der Waals surface area contributed by atoms with E-state index in [1.54, 1.807) is 24.3 Å². The topological polar surface area (TPSA) is 87.0 Å². The third-order valence-corrected chi connectivity index (χ3v) is 5.13. The molecule has 7 heteroatoms. The molecule has 0 radical (unpaired) electrons. The van der Waals surface area contributed by atoms with Crippen molar-refractivity contribution in [2.45, 2.75) is 12.2 Å². The average molecular weight is 336 g/mol. The van der Waals surface area contributed by atoms with E-state index >= 15 is 0 Å². The summed E-state index contributed by atoms with van der Waals surface area (Å²) in [4.78, 5) is 0. The number of aliphatic hydroxyl groups is 1. The van der Waals surface area contributed by atoms with E-state index in [9.17, 15) is 13.5 Å². The van der Waals surface area contributed by atoms with E-state index in [1.165, 1.54) is 6.92 Å². The lowest BCUT2D eigenvalue weighted by molar-refractivity contribution is 0.296. The van der Waals surface area contributed by atoms with Crippen molar-refractivity contribution >= 4 is 31.5 Å². The van der Waals surface area contributed by atoms with Crippen LogP contribution in [0.4, 0.5) is 0 Å². The molecule has 0 unspecified atom stereocenters. The fraction of sp³-hybridized carbons (Fsp3) is 0.364. The third kappa shape index (κ3) is 3.30. The second-order valence-electron chi connectivity index (χ2n) is 3.61. The minimum absolute atomic E-state index is 0.0492. The van der Waals surface area contributed by atoms with E-state index in [2.05, 4.69) is 21.1 Å². The van der Waals surface area contributed by atoms with Crippen LogP contribution < -0.4 is 0 Å². The maximum absolute atomic E-state index is 11.8. The Morgan fingerprint density at radius 2 is 1.94 bits per heavy atom. The molecule has 0 aliphatic rings. The highest BCUT2D eigenvalue weighted by Gasteiger charge is 2.29. The largest absolute Gasteiger partial charge is 0.411 e. The highest BCUT2D eigenvalue weighted by atomic mass is 79.9. The van der Waals surface area contributed by atoms with Gasteiger partial charge in [-0.15, -0.1) is 0 Å². The standard InChI is InChI=1S/C11H14BrNO4S/c1-2-18(16,17)10(7-14)11(13-15)8-3-5-9(12)6-4-8/h3-6,10,14-15H,2,7H2,1H3/b13-11-/t10-/m1/s1. The molecule has 0 bridgehead atoms. The molecule has 0 aliphatic heterocycles. The first-order valence-corrected chi connectivity index (χ1v) is 7.77. The molecule has 100 valence electrons. The second kappa shape index (κ2) is 6.31. The van der Waals surface area contributed by atoms with Gasteiger partial charge in [0.15, 0.2) is 9.84 Å². The molecule has 0 fully saturated rings. The second-order valence-corrected chi connectivity index (χ2v) is 7.00. The Balaban J connectivity index is 3.21. The summed E-state index contributed by atoms with van der Waals surface area (Å²) in [6.07, 6.45) is 0. The summed E-state index contributed by atoms with van der Waals surface area (Å²) in [7, 11) is -3.53. The first-order chi connectivity index (χ1) is 8.46. The summed E-state index contributed by atoms with van der Waals surface area (Å²) in [6.45, 7) is 0.861. The molecule has 0 saturated heterocycles. The van der Waals surface area contributed by atoms with Crippen LogP contribution in [0, 0.1) is 0 Å². The Kier molecular flexibility index (Phi) is 5.30. The number of aliphatic hydroxyl groups excluding tert-OH is 1. The SMILES string of the molecule is CCS(=O)(=O)[C@H](CO)/C(=N\O)c1ccc(Br)cc1. The quantitative estimate of drug-likeness (QED) is 0.484. The van der Waals surface area contributed by atoms with Crippen LogP contribution in [0.25, 0.3) is 0 Å². The van der Waals surface area contributed by atoms with E-state index in [1.807, 2.05) is 0 Å². The van der Waals surface area contributed by atoms with Crippen LogP contribution in [-0.4, -0.2) is 42.1 Å². The molecule has 1 rings (SSSR count). The van der Waals surface area contributed by atoms with Gasteiger partial charge in [0.1, 0.15) is 11.0 Å². The number of benzene rings is 1. The first-order valence-electron chi connectivity index (χ1n) is 5.26. The Hall–Kier alpha value is -0.920. The zero-order valence-electron chi connectivity index (χ0n) is 9.75. The monoisotopic (exact) mass is 335 g/mol. The van der Waals surface area contributed by atoms with Crippen molar-refractivity contribution in [3.8, 4) is 0 Å². The van der Waals surface area contributed by atoms with Crippen LogP contribution in [0.15, 0.2) is 33.9 Å². The molecule has 1 aromatic rings. The lowest BCUT2D eigenvalue weighted by atomic mass is 10.1. The van der Waals surface area contributed by atoms with E-state index in [4.69, 9.17) is 5.21 Å². The van der Waals surface area contributed by atoms with Crippen LogP contribution in [-0.2, 0) is 9.84 Å². The summed E-state index contributed by atoms with van der Waals surface area (Å²) >= 11 is 3.25. The highest BCUT2D eigenvalue weighted by Crippen LogP contribution is 2.16. The maximum Gasteiger partial charge on any atom is 0.161 e. The average Bonchev–Trinajstić information content (AvgIpc) is 2.36. The van der Waals surface area contributed by atoms with Gasteiger partial charge < -0.3 is 10.3 Å². The van der Waals surface area contributed by atoms with Gasteiger partial charge in [-0.25, -0.2) is 8.42 Å². The van der Waals surface area contributed by atoms with Crippen molar-refractivity contribution in [1.82, 2.24) is 0 Å². The fourth-order valence-corrected chi connectivity index (χ4v) is 2.92. The minimum atomic E-state index is -3.53. The Morgan fingerprint density at radius 1 is 1.39 bits per heavy atom. The van der Waals surface area contributed by atoms with Gasteiger partial charge in [0.05, 0.1) is 6.61 Å². The Morgan fingerprint density at radius 3 is 2.33 bits per heavy atom. The number of halogens is 1. The minimum Gasteiger partial charge on any atom is -0.411 e. The zero-order valence-corrected chi connectivity index (χ0v) is 12.1. The maximum atomic E-state index is 11.8. The lowest BCUT2D eigenvalue weighted by Gasteiger charge is -2.15. The van der Waals surface area contributed by atoms with Crippen LogP contribution in [0.2, 0.25) is 0 Å². The van der Waals surface area contributed by atoms with E-state index < -0.39 is 21.7 Å². The number of sulfone groups is 1. The van der Waals surface area contributed by atoms with Crippen molar-refractivity contribution in [1.29, 1.82) is 0 Å². The van der Waals surface area contributed by atoms with Gasteiger partial charge in [0.25, 0.3) is 0 Å². The summed E-state index contributed by atoms with van der Waals surface area (Å²) in [6, 6.07) is 6.64. The third-order valence-electron chi connectivity index (χ3n) is 2.55. The van der Waals surface area contributed by atoms with Gasteiger partial charge in [-0.2, -0.15) is 0 Å². The predicted molar refractivity (Wildman–Crippen MR) is 72.8 cm³/mol. The molecule has 5 nitrogen and oxygen atoms in total. The van der Waals surface area contributed by atoms with E-state index in [0.29, 0.717) is 5.56 Å². The van der Waals surface area contributed by atoms with Crippen LogP contribution >= 0.6 is 15.9 Å². The van der Waals surface area contributed by atoms with Gasteiger partial charge in [0.2, 0.25) is 0 Å². The van der Waals surface area contributed by atoms with Crippen LogP contribution in [0.3, 0.4) is 0 Å². The number of hydrogen-bond acceptors (Lipinski definition) is 5. The van der Waals surface area contributed by atoms with Crippen LogP contribution in [0.5, 0.6) is 0 Å². The molecule has 0 amide bonds. The van der Waals surface area contributed by atoms with Gasteiger partial charge in [0, 0.05) is 15.8 Å². The lowest BCUT2D eigenvalue weighted by Crippen LogP contribution is -2.35. The Bertz CT molecular complexity index is 524. The van der Waals surface area contributed by atoms with Crippen molar-refractivity contribution < 1.29 is 18.7 Å². The van der Waals surface area contributed by atoms with Gasteiger partial charge in [-0.3, -0.25) is 0 Å². The van der Waals surface area contributed by atoms with E-state index in [0.717, 1.165) is 4.47 Å². The predicted octanol–water partition coefficient (Wildman–Crippen LogP) is 1.42. The van der Waals surface area contributed by atoms with Gasteiger partial charge in [-0.1, -0.05) is 40.1 Å². The smallest absolute Gasteiger partial charge is 0.161 e. The molecule has 0 aliphatic carbocycles. The van der Waals surface area contributed by atoms with Crippen molar-refractivity contribution in [3.05, 3.63) is 34.3 Å². The fourth-order valence-electron chi connectivity index (χ4n) is 1.50. The normalized spacial score (nSPS) is 14.5. The zero-order chi connectivity index (χ0) is 13.8. The molecule has 1 atom stereocenters. The summed E-state index contributed by atoms with van der Waals surface area (Å²) in [5.74, 6) is -0.131. The molecule has 0 saturated carbocycles. The van der Waals surface area contributed by atoms with Gasteiger partial charge in [-0.05, 0) is 12.1 Å². The molecule has 2 N–H and O–H groups in total. The summed E-state index contributed by atoms with van der Waals surface area (Å²) in [5, 5.41) is 20.1. The number of hydrogen-bond donors (Lipinski definition) is 2. The number of rotatable bonds is 5. The highest BCUT2D eigenvalue weighted by molar-refractivity contribution is 9.10. The summed E-state index contributed by atoms with van der Waals surface area (Å²) < 4.78 is 24.4. The molecule has 0 aromatic heterocycles. The summed E-state index contributed by atoms with van der Waals surface area (Å²) in [5.41, 5.74) is 0.406. The molecule has 0 heterocycles. The van der Waals surface area contributed by atoms with Crippen molar-refractivity contribution in [2.75, 3.05) is 12.4 Å². The molecule has 1 aromatic carbocycles. The molecular weight excluding hydrogens is 322 g/mol. The molecule has 0 spiro atoms. The Labute approximate surface area is 114 Å². The van der Waals surface area contributed by atoms with E-state index in [-0.39, 0.29) is 11.5 Å².